The SMILES string of the molecule is CCC(c1nc2ccccc2c(=O)n1CCOC)N(Cc1ccco1)C(=O)NCc1ccccc1. The Kier molecular flexibility index (Phi) is 7.95. The van der Waals surface area contributed by atoms with Gasteiger partial charge in [-0.1, -0.05) is 49.4 Å². The van der Waals surface area contributed by atoms with Crippen molar-refractivity contribution >= 4 is 16.9 Å². The maximum absolute atomic E-state index is 13.5. The minimum atomic E-state index is -0.468. The molecular formula is C27H30N4O4. The lowest BCUT2D eigenvalue weighted by atomic mass is 10.1. The molecule has 35 heavy (non-hydrogen) atoms. The summed E-state index contributed by atoms with van der Waals surface area (Å²) in [4.78, 5) is 33.5. The fourth-order valence-electron chi connectivity index (χ4n) is 4.15. The number of fused-ring (bicyclic) bond motifs is 1. The molecule has 0 radical (unpaired) electrons. The molecule has 0 bridgehead atoms. The van der Waals surface area contributed by atoms with E-state index in [-0.39, 0.29) is 18.1 Å². The topological polar surface area (TPSA) is 89.6 Å². The van der Waals surface area contributed by atoms with Crippen molar-refractivity contribution in [2.24, 2.45) is 0 Å². The van der Waals surface area contributed by atoms with Crippen LogP contribution in [0.4, 0.5) is 4.79 Å². The van der Waals surface area contributed by atoms with Gasteiger partial charge in [-0.05, 0) is 36.2 Å². The molecule has 182 valence electrons. The molecule has 0 aliphatic rings. The first-order valence-electron chi connectivity index (χ1n) is 11.7. The van der Waals surface area contributed by atoms with Crippen LogP contribution in [-0.4, -0.2) is 34.2 Å². The third kappa shape index (κ3) is 5.60. The highest BCUT2D eigenvalue weighted by atomic mass is 16.5. The van der Waals surface area contributed by atoms with Gasteiger partial charge in [-0.2, -0.15) is 0 Å². The maximum Gasteiger partial charge on any atom is 0.318 e. The Balaban J connectivity index is 1.74. The number of methoxy groups -OCH3 is 1. The highest BCUT2D eigenvalue weighted by Crippen LogP contribution is 2.26. The molecule has 2 heterocycles. The van der Waals surface area contributed by atoms with Crippen LogP contribution in [0.15, 0.2) is 82.2 Å². The van der Waals surface area contributed by atoms with Crippen LogP contribution in [0.5, 0.6) is 0 Å². The molecular weight excluding hydrogens is 444 g/mol. The second-order valence-electron chi connectivity index (χ2n) is 8.21. The van der Waals surface area contributed by atoms with Crippen molar-refractivity contribution in [2.75, 3.05) is 13.7 Å². The zero-order chi connectivity index (χ0) is 24.6. The Morgan fingerprint density at radius 1 is 1.11 bits per heavy atom. The zero-order valence-corrected chi connectivity index (χ0v) is 20.0. The number of hydrogen-bond acceptors (Lipinski definition) is 5. The standard InChI is InChI=1S/C27H30N4O4/c1-3-24(25-29-23-14-8-7-13-22(23)26(32)30(25)15-17-34-2)31(19-21-12-9-16-35-21)27(33)28-18-20-10-5-4-6-11-20/h4-14,16,24H,3,15,17-19H2,1-2H3,(H,28,33). The smallest absolute Gasteiger partial charge is 0.318 e. The van der Waals surface area contributed by atoms with E-state index in [0.717, 1.165) is 5.56 Å². The molecule has 8 heteroatoms. The Hall–Kier alpha value is -3.91. The number of nitrogens with zero attached hydrogens (tertiary/aromatic N) is 3. The molecule has 2 aromatic heterocycles. The van der Waals surface area contributed by atoms with Gasteiger partial charge in [0.25, 0.3) is 5.56 Å². The van der Waals surface area contributed by atoms with Crippen LogP contribution in [-0.2, 0) is 24.4 Å². The summed E-state index contributed by atoms with van der Waals surface area (Å²) in [5.41, 5.74) is 1.44. The quantitative estimate of drug-likeness (QED) is 0.366. The van der Waals surface area contributed by atoms with Crippen LogP contribution in [0.1, 0.15) is 36.5 Å². The minimum absolute atomic E-state index is 0.149. The number of benzene rings is 2. The van der Waals surface area contributed by atoms with Crippen molar-refractivity contribution < 1.29 is 13.9 Å². The van der Waals surface area contributed by atoms with E-state index < -0.39 is 6.04 Å². The van der Waals surface area contributed by atoms with Gasteiger partial charge in [-0.25, -0.2) is 9.78 Å². The number of para-hydroxylation sites is 1. The molecule has 8 nitrogen and oxygen atoms in total. The lowest BCUT2D eigenvalue weighted by molar-refractivity contribution is 0.151. The van der Waals surface area contributed by atoms with Crippen LogP contribution in [0.3, 0.4) is 0 Å². The van der Waals surface area contributed by atoms with Gasteiger partial charge in [0.1, 0.15) is 11.6 Å². The number of nitrogens with one attached hydrogen (secondary N) is 1. The van der Waals surface area contributed by atoms with Crippen molar-refractivity contribution in [3.8, 4) is 0 Å². The van der Waals surface area contributed by atoms with E-state index in [1.807, 2.05) is 61.5 Å². The van der Waals surface area contributed by atoms with Crippen LogP contribution in [0.25, 0.3) is 10.9 Å². The van der Waals surface area contributed by atoms with Crippen molar-refractivity contribution in [3.05, 3.63) is 100 Å². The van der Waals surface area contributed by atoms with E-state index in [2.05, 4.69) is 5.32 Å². The molecule has 4 rings (SSSR count). The first-order chi connectivity index (χ1) is 17.1. The lowest BCUT2D eigenvalue weighted by Crippen LogP contribution is -2.43. The number of carbonyl (C=O) groups excluding carboxylic acids is 1. The van der Waals surface area contributed by atoms with Gasteiger partial charge in [-0.15, -0.1) is 0 Å². The molecule has 0 saturated heterocycles. The van der Waals surface area contributed by atoms with Crippen LogP contribution >= 0.6 is 0 Å². The number of hydrogen-bond donors (Lipinski definition) is 1. The molecule has 0 aliphatic carbocycles. The summed E-state index contributed by atoms with van der Waals surface area (Å²) >= 11 is 0. The number of ether oxygens (including phenoxy) is 1. The van der Waals surface area contributed by atoms with E-state index in [1.165, 1.54) is 0 Å². The number of aromatic nitrogens is 2. The highest BCUT2D eigenvalue weighted by Gasteiger charge is 2.29. The molecule has 2 aromatic carbocycles. The molecule has 0 spiro atoms. The second-order valence-corrected chi connectivity index (χ2v) is 8.21. The Morgan fingerprint density at radius 2 is 1.89 bits per heavy atom. The van der Waals surface area contributed by atoms with Crippen LogP contribution in [0, 0.1) is 0 Å². The van der Waals surface area contributed by atoms with Gasteiger partial charge in [0, 0.05) is 13.7 Å². The third-order valence-electron chi connectivity index (χ3n) is 5.92. The zero-order valence-electron chi connectivity index (χ0n) is 20.0. The average molecular weight is 475 g/mol. The molecule has 0 fully saturated rings. The van der Waals surface area contributed by atoms with Crippen molar-refractivity contribution in [1.29, 1.82) is 0 Å². The normalized spacial score (nSPS) is 11.9. The molecule has 0 aliphatic heterocycles. The summed E-state index contributed by atoms with van der Waals surface area (Å²) in [7, 11) is 1.59. The number of rotatable bonds is 10. The van der Waals surface area contributed by atoms with Crippen molar-refractivity contribution in [1.82, 2.24) is 19.8 Å². The van der Waals surface area contributed by atoms with Gasteiger partial charge in [0.15, 0.2) is 0 Å². The summed E-state index contributed by atoms with van der Waals surface area (Å²) in [5.74, 6) is 1.17. The van der Waals surface area contributed by atoms with Gasteiger partial charge in [-0.3, -0.25) is 9.36 Å². The molecule has 1 unspecified atom stereocenters. The maximum atomic E-state index is 13.5. The van der Waals surface area contributed by atoms with Crippen LogP contribution in [0.2, 0.25) is 0 Å². The van der Waals surface area contributed by atoms with Gasteiger partial charge >= 0.3 is 6.03 Å². The first-order valence-corrected chi connectivity index (χ1v) is 11.7. The van der Waals surface area contributed by atoms with E-state index in [1.54, 1.807) is 35.0 Å². The highest BCUT2D eigenvalue weighted by molar-refractivity contribution is 5.78. The van der Waals surface area contributed by atoms with Gasteiger partial charge in [0.05, 0.1) is 42.9 Å². The summed E-state index contributed by atoms with van der Waals surface area (Å²) in [6.45, 7) is 3.28. The van der Waals surface area contributed by atoms with Gasteiger partial charge in [0.2, 0.25) is 0 Å². The second kappa shape index (κ2) is 11.5. The fourth-order valence-corrected chi connectivity index (χ4v) is 4.15. The molecule has 0 saturated carbocycles. The molecule has 2 amide bonds. The van der Waals surface area contributed by atoms with E-state index in [4.69, 9.17) is 14.1 Å². The summed E-state index contributed by atoms with van der Waals surface area (Å²) in [6.07, 6.45) is 2.14. The summed E-state index contributed by atoms with van der Waals surface area (Å²) in [5, 5.41) is 3.55. The van der Waals surface area contributed by atoms with Gasteiger partial charge < -0.3 is 19.4 Å². The third-order valence-corrected chi connectivity index (χ3v) is 5.92. The Morgan fingerprint density at radius 3 is 2.60 bits per heavy atom. The van der Waals surface area contributed by atoms with Crippen molar-refractivity contribution in [3.63, 3.8) is 0 Å². The largest absolute Gasteiger partial charge is 0.467 e. The lowest BCUT2D eigenvalue weighted by Gasteiger charge is -2.32. The molecule has 1 N–H and O–H groups in total. The number of amides is 2. The molecule has 1 atom stereocenters. The average Bonchev–Trinajstić information content (AvgIpc) is 3.41. The number of furan rings is 1. The number of urea groups is 1. The van der Waals surface area contributed by atoms with Crippen molar-refractivity contribution in [2.45, 2.75) is 39.0 Å². The van der Waals surface area contributed by atoms with E-state index in [0.29, 0.717) is 48.6 Å². The van der Waals surface area contributed by atoms with E-state index in [9.17, 15) is 9.59 Å². The Bertz CT molecular complexity index is 1300. The summed E-state index contributed by atoms with van der Waals surface area (Å²) < 4.78 is 12.5. The Labute approximate surface area is 204 Å². The predicted octanol–water partition coefficient (Wildman–Crippen LogP) is 4.50. The minimum Gasteiger partial charge on any atom is -0.467 e. The molecule has 4 aromatic rings. The fraction of sp³-hybridized carbons (Fsp3) is 0.296. The summed E-state index contributed by atoms with van der Waals surface area (Å²) in [6, 6.07) is 19.9. The van der Waals surface area contributed by atoms with E-state index >= 15 is 0 Å². The number of carbonyl (C=O) groups is 1. The first kappa shape index (κ1) is 24.2. The predicted molar refractivity (Wildman–Crippen MR) is 134 cm³/mol. The van der Waals surface area contributed by atoms with Crippen LogP contribution < -0.4 is 10.9 Å². The monoisotopic (exact) mass is 474 g/mol.